The Morgan fingerprint density at radius 2 is 1.96 bits per heavy atom. The van der Waals surface area contributed by atoms with Crippen molar-refractivity contribution in [3.05, 3.63) is 24.3 Å². The predicted octanol–water partition coefficient (Wildman–Crippen LogP) is 3.56. The zero-order chi connectivity index (χ0) is 16.5. The molecule has 0 aromatic heterocycles. The number of nitriles is 1. The molecule has 0 bridgehead atoms. The highest BCUT2D eigenvalue weighted by Gasteiger charge is 2.15. The van der Waals surface area contributed by atoms with Crippen molar-refractivity contribution in [2.24, 2.45) is 4.99 Å². The van der Waals surface area contributed by atoms with E-state index in [4.69, 9.17) is 5.26 Å². The number of aliphatic imine (C=N–C) groups is 1. The number of hydrogen-bond acceptors (Lipinski definition) is 4. The molecule has 0 radical (unpaired) electrons. The number of rotatable bonds is 3. The normalized spacial score (nSPS) is 15.6. The monoisotopic (exact) mass is 331 g/mol. The van der Waals surface area contributed by atoms with Crippen LogP contribution < -0.4 is 16.0 Å². The van der Waals surface area contributed by atoms with Crippen LogP contribution in [0.25, 0.3) is 0 Å². The number of amides is 2. The zero-order valence-corrected chi connectivity index (χ0v) is 13.9. The van der Waals surface area contributed by atoms with E-state index in [-0.39, 0.29) is 12.1 Å². The van der Waals surface area contributed by atoms with Crippen LogP contribution in [0.4, 0.5) is 16.2 Å². The molecular formula is C16H21N5OS. The van der Waals surface area contributed by atoms with Crippen LogP contribution in [0.5, 0.6) is 0 Å². The number of nitrogens with one attached hydrogen (secondary N) is 3. The Bertz CT molecular complexity index is 587. The maximum absolute atomic E-state index is 12.0. The summed E-state index contributed by atoms with van der Waals surface area (Å²) < 4.78 is 0. The molecule has 2 amide bonds. The molecule has 1 aromatic rings. The molecule has 1 aliphatic carbocycles. The van der Waals surface area contributed by atoms with Crippen LogP contribution in [0, 0.1) is 11.5 Å². The Morgan fingerprint density at radius 3 is 2.57 bits per heavy atom. The minimum atomic E-state index is -0.163. The van der Waals surface area contributed by atoms with Crippen molar-refractivity contribution in [2.75, 3.05) is 11.6 Å². The standard InChI is InChI=1S/C16H21N5OS/c1-23-16(18-11-17)21-14-9-7-13(8-10-14)20-15(22)19-12-5-3-2-4-6-12/h7-10,12H,2-6H2,1H3,(H,18,21)(H2,19,20,22). The molecular weight excluding hydrogens is 310 g/mol. The Morgan fingerprint density at radius 1 is 1.26 bits per heavy atom. The van der Waals surface area contributed by atoms with Gasteiger partial charge in [0.2, 0.25) is 0 Å². The molecule has 1 fully saturated rings. The average Bonchev–Trinajstić information content (AvgIpc) is 2.57. The van der Waals surface area contributed by atoms with Gasteiger partial charge in [0, 0.05) is 11.7 Å². The van der Waals surface area contributed by atoms with Crippen molar-refractivity contribution in [1.29, 1.82) is 5.26 Å². The second-order valence-corrected chi connectivity index (χ2v) is 6.13. The van der Waals surface area contributed by atoms with E-state index < -0.39 is 0 Å². The molecule has 23 heavy (non-hydrogen) atoms. The number of thioether (sulfide) groups is 1. The highest BCUT2D eigenvalue weighted by atomic mass is 32.2. The van der Waals surface area contributed by atoms with Gasteiger partial charge in [-0.05, 0) is 43.4 Å². The first-order valence-corrected chi connectivity index (χ1v) is 8.89. The van der Waals surface area contributed by atoms with Gasteiger partial charge in [-0.2, -0.15) is 5.26 Å². The Hall–Kier alpha value is -2.20. The smallest absolute Gasteiger partial charge is 0.319 e. The minimum absolute atomic E-state index is 0.163. The van der Waals surface area contributed by atoms with Crippen molar-refractivity contribution in [2.45, 2.75) is 38.1 Å². The first kappa shape index (κ1) is 17.2. The Kier molecular flexibility index (Phi) is 6.76. The molecule has 0 unspecified atom stereocenters. The Labute approximate surface area is 140 Å². The third kappa shape index (κ3) is 5.83. The quantitative estimate of drug-likeness (QED) is 0.342. The summed E-state index contributed by atoms with van der Waals surface area (Å²) in [4.78, 5) is 16.3. The van der Waals surface area contributed by atoms with Crippen LogP contribution >= 0.6 is 11.8 Å². The third-order valence-electron chi connectivity index (χ3n) is 3.65. The fourth-order valence-corrected chi connectivity index (χ4v) is 2.85. The van der Waals surface area contributed by atoms with E-state index in [1.807, 2.05) is 12.4 Å². The van der Waals surface area contributed by atoms with Gasteiger partial charge in [0.15, 0.2) is 11.4 Å². The molecule has 7 heteroatoms. The van der Waals surface area contributed by atoms with Crippen molar-refractivity contribution >= 4 is 34.3 Å². The van der Waals surface area contributed by atoms with Crippen LogP contribution in [-0.4, -0.2) is 23.5 Å². The molecule has 0 saturated heterocycles. The topological polar surface area (TPSA) is 89.3 Å². The number of urea groups is 1. The molecule has 1 aromatic carbocycles. The Balaban J connectivity index is 1.89. The maximum atomic E-state index is 12.0. The van der Waals surface area contributed by atoms with Gasteiger partial charge in [-0.25, -0.2) is 9.79 Å². The number of nitrogens with zero attached hydrogens (tertiary/aromatic N) is 2. The second-order valence-electron chi connectivity index (χ2n) is 5.34. The van der Waals surface area contributed by atoms with E-state index in [2.05, 4.69) is 20.9 Å². The number of carbonyl (C=O) groups is 1. The summed E-state index contributed by atoms with van der Waals surface area (Å²) in [5, 5.41) is 17.5. The maximum Gasteiger partial charge on any atom is 0.319 e. The summed E-state index contributed by atoms with van der Waals surface area (Å²) >= 11 is 1.36. The van der Waals surface area contributed by atoms with Gasteiger partial charge in [-0.3, -0.25) is 5.32 Å². The highest BCUT2D eigenvalue weighted by Crippen LogP contribution is 2.19. The van der Waals surface area contributed by atoms with Gasteiger partial charge in [0.05, 0.1) is 5.69 Å². The highest BCUT2D eigenvalue weighted by molar-refractivity contribution is 8.13. The number of amidine groups is 1. The van der Waals surface area contributed by atoms with Crippen LogP contribution in [0.2, 0.25) is 0 Å². The molecule has 3 N–H and O–H groups in total. The van der Waals surface area contributed by atoms with Crippen molar-refractivity contribution < 1.29 is 4.79 Å². The predicted molar refractivity (Wildman–Crippen MR) is 94.8 cm³/mol. The molecule has 2 rings (SSSR count). The molecule has 0 atom stereocenters. The minimum Gasteiger partial charge on any atom is -0.335 e. The molecule has 122 valence electrons. The second kappa shape index (κ2) is 9.06. The molecule has 1 saturated carbocycles. The van der Waals surface area contributed by atoms with Crippen LogP contribution in [0.15, 0.2) is 29.3 Å². The molecule has 1 aliphatic rings. The fourth-order valence-electron chi connectivity index (χ4n) is 2.51. The summed E-state index contributed by atoms with van der Waals surface area (Å²) in [7, 11) is 0. The molecule has 0 aliphatic heterocycles. The third-order valence-corrected chi connectivity index (χ3v) is 4.23. The van der Waals surface area contributed by atoms with E-state index >= 15 is 0 Å². The first-order valence-electron chi connectivity index (χ1n) is 7.66. The van der Waals surface area contributed by atoms with E-state index in [0.717, 1.165) is 24.2 Å². The lowest BCUT2D eigenvalue weighted by Crippen LogP contribution is -2.38. The zero-order valence-electron chi connectivity index (χ0n) is 13.1. The van der Waals surface area contributed by atoms with Crippen LogP contribution in [-0.2, 0) is 0 Å². The van der Waals surface area contributed by atoms with E-state index in [1.165, 1.54) is 31.0 Å². The number of hydrogen-bond donors (Lipinski definition) is 3. The first-order chi connectivity index (χ1) is 11.2. The lowest BCUT2D eigenvalue weighted by atomic mass is 9.96. The summed E-state index contributed by atoms with van der Waals surface area (Å²) in [6.45, 7) is 0. The summed E-state index contributed by atoms with van der Waals surface area (Å²) in [6, 6.07) is 7.31. The fraction of sp³-hybridized carbons (Fsp3) is 0.438. The largest absolute Gasteiger partial charge is 0.335 e. The SMILES string of the molecule is CSC(=Nc1ccc(NC(=O)NC2CCCCC2)cc1)NC#N. The summed E-state index contributed by atoms with van der Waals surface area (Å²) in [5.74, 6) is 0. The summed E-state index contributed by atoms with van der Waals surface area (Å²) in [6.07, 6.45) is 9.45. The lowest BCUT2D eigenvalue weighted by molar-refractivity contribution is 0.244. The van der Waals surface area contributed by atoms with Crippen LogP contribution in [0.1, 0.15) is 32.1 Å². The van der Waals surface area contributed by atoms with E-state index in [9.17, 15) is 4.79 Å². The number of anilines is 1. The van der Waals surface area contributed by atoms with Gasteiger partial charge in [-0.1, -0.05) is 31.0 Å². The van der Waals surface area contributed by atoms with Crippen molar-refractivity contribution in [3.63, 3.8) is 0 Å². The lowest BCUT2D eigenvalue weighted by Gasteiger charge is -2.22. The van der Waals surface area contributed by atoms with Gasteiger partial charge >= 0.3 is 6.03 Å². The number of carbonyl (C=O) groups excluding carboxylic acids is 1. The molecule has 0 heterocycles. The van der Waals surface area contributed by atoms with Gasteiger partial charge in [-0.15, -0.1) is 0 Å². The van der Waals surface area contributed by atoms with E-state index in [0.29, 0.717) is 5.17 Å². The molecule has 6 nitrogen and oxygen atoms in total. The van der Waals surface area contributed by atoms with Crippen molar-refractivity contribution in [1.82, 2.24) is 10.6 Å². The van der Waals surface area contributed by atoms with Gasteiger partial charge in [0.1, 0.15) is 0 Å². The van der Waals surface area contributed by atoms with E-state index in [1.54, 1.807) is 24.3 Å². The van der Waals surface area contributed by atoms with Gasteiger partial charge in [0.25, 0.3) is 0 Å². The van der Waals surface area contributed by atoms with Crippen molar-refractivity contribution in [3.8, 4) is 6.19 Å². The summed E-state index contributed by atoms with van der Waals surface area (Å²) in [5.41, 5.74) is 1.44. The number of benzene rings is 1. The average molecular weight is 331 g/mol. The van der Waals surface area contributed by atoms with Crippen LogP contribution in [0.3, 0.4) is 0 Å². The molecule has 0 spiro atoms. The van der Waals surface area contributed by atoms with Gasteiger partial charge < -0.3 is 10.6 Å².